The number of benzene rings is 2. The van der Waals surface area contributed by atoms with Crippen LogP contribution in [0.1, 0.15) is 29.4 Å². The standard InChI is InChI=1S/C25H24N4O2S/c1-4-19-12-8-9-13-20(19)28-21-22(32-25-26-16(2)14-17(3)27-25)24(31)29(23(21)30)15-18-10-6-5-7-11-18/h5-14,28H,4,15H2,1-3H3. The van der Waals surface area contributed by atoms with Gasteiger partial charge >= 0.3 is 0 Å². The summed E-state index contributed by atoms with van der Waals surface area (Å²) in [6.07, 6.45) is 0.801. The first-order valence-electron chi connectivity index (χ1n) is 10.5. The maximum Gasteiger partial charge on any atom is 0.278 e. The lowest BCUT2D eigenvalue weighted by Gasteiger charge is -2.16. The molecule has 0 unspecified atom stereocenters. The van der Waals surface area contributed by atoms with E-state index < -0.39 is 0 Å². The molecule has 0 aliphatic carbocycles. The van der Waals surface area contributed by atoms with Crippen LogP contribution in [0.15, 0.2) is 76.4 Å². The molecule has 0 saturated heterocycles. The lowest BCUT2D eigenvalue weighted by atomic mass is 10.1. The van der Waals surface area contributed by atoms with Gasteiger partial charge in [-0.2, -0.15) is 0 Å². The first kappa shape index (κ1) is 21.8. The van der Waals surface area contributed by atoms with Crippen molar-refractivity contribution in [2.45, 2.75) is 38.9 Å². The summed E-state index contributed by atoms with van der Waals surface area (Å²) in [6, 6.07) is 19.2. The molecule has 0 spiro atoms. The van der Waals surface area contributed by atoms with E-state index >= 15 is 0 Å². The van der Waals surface area contributed by atoms with E-state index in [1.807, 2.05) is 74.5 Å². The molecule has 4 rings (SSSR count). The molecule has 2 aromatic carbocycles. The zero-order valence-corrected chi connectivity index (χ0v) is 19.1. The van der Waals surface area contributed by atoms with Crippen LogP contribution in [-0.2, 0) is 22.6 Å². The molecule has 2 heterocycles. The molecule has 3 aromatic rings. The van der Waals surface area contributed by atoms with Crippen LogP contribution in [-0.4, -0.2) is 26.7 Å². The third-order valence-electron chi connectivity index (χ3n) is 5.12. The summed E-state index contributed by atoms with van der Waals surface area (Å²) in [5.41, 5.74) is 4.64. The van der Waals surface area contributed by atoms with Crippen LogP contribution in [0.2, 0.25) is 0 Å². The largest absolute Gasteiger partial charge is 0.350 e. The second-order valence-corrected chi connectivity index (χ2v) is 8.53. The fourth-order valence-corrected chi connectivity index (χ4v) is 4.58. The van der Waals surface area contributed by atoms with Crippen molar-refractivity contribution >= 4 is 29.3 Å². The molecule has 7 heteroatoms. The Morgan fingerprint density at radius 1 is 0.906 bits per heavy atom. The quantitative estimate of drug-likeness (QED) is 0.423. The number of carbonyl (C=O) groups is 2. The Kier molecular flexibility index (Phi) is 6.37. The summed E-state index contributed by atoms with van der Waals surface area (Å²) in [6.45, 7) is 6.02. The highest BCUT2D eigenvalue weighted by atomic mass is 32.2. The Hall–Kier alpha value is -3.45. The fourth-order valence-electron chi connectivity index (χ4n) is 3.58. The van der Waals surface area contributed by atoms with E-state index in [1.165, 1.54) is 4.90 Å². The fraction of sp³-hybridized carbons (Fsp3) is 0.200. The first-order valence-corrected chi connectivity index (χ1v) is 11.3. The number of aryl methyl sites for hydroxylation is 3. The van der Waals surface area contributed by atoms with E-state index in [0.717, 1.165) is 46.4 Å². The second kappa shape index (κ2) is 9.36. The lowest BCUT2D eigenvalue weighted by Crippen LogP contribution is -2.32. The Bertz CT molecular complexity index is 1190. The molecule has 1 aliphatic heterocycles. The van der Waals surface area contributed by atoms with Crippen LogP contribution in [0.25, 0.3) is 0 Å². The second-order valence-electron chi connectivity index (χ2n) is 7.56. The van der Waals surface area contributed by atoms with Crippen molar-refractivity contribution in [3.8, 4) is 0 Å². The van der Waals surface area contributed by atoms with Gasteiger partial charge < -0.3 is 5.32 Å². The van der Waals surface area contributed by atoms with Crippen molar-refractivity contribution in [1.82, 2.24) is 14.9 Å². The lowest BCUT2D eigenvalue weighted by molar-refractivity contribution is -0.137. The number of hydrogen-bond donors (Lipinski definition) is 1. The van der Waals surface area contributed by atoms with E-state index in [9.17, 15) is 9.59 Å². The highest BCUT2D eigenvalue weighted by Gasteiger charge is 2.39. The number of imide groups is 1. The van der Waals surface area contributed by atoms with Crippen LogP contribution >= 0.6 is 11.8 Å². The van der Waals surface area contributed by atoms with E-state index in [2.05, 4.69) is 22.2 Å². The van der Waals surface area contributed by atoms with Gasteiger partial charge in [-0.15, -0.1) is 0 Å². The number of amides is 2. The van der Waals surface area contributed by atoms with Crippen LogP contribution in [0.3, 0.4) is 0 Å². The van der Waals surface area contributed by atoms with Crippen LogP contribution in [0.4, 0.5) is 5.69 Å². The molecule has 1 aliphatic rings. The van der Waals surface area contributed by atoms with Gasteiger partial charge in [0, 0.05) is 17.1 Å². The van der Waals surface area contributed by atoms with Crippen LogP contribution < -0.4 is 5.32 Å². The summed E-state index contributed by atoms with van der Waals surface area (Å²) in [7, 11) is 0. The van der Waals surface area contributed by atoms with E-state index in [4.69, 9.17) is 0 Å². The van der Waals surface area contributed by atoms with Gasteiger partial charge in [-0.25, -0.2) is 9.97 Å². The third kappa shape index (κ3) is 4.57. The van der Waals surface area contributed by atoms with Crippen LogP contribution in [0, 0.1) is 13.8 Å². The van der Waals surface area contributed by atoms with Crippen molar-refractivity contribution in [1.29, 1.82) is 0 Å². The molecule has 0 bridgehead atoms. The third-order valence-corrected chi connectivity index (χ3v) is 6.07. The number of carbonyl (C=O) groups excluding carboxylic acids is 2. The predicted octanol–water partition coefficient (Wildman–Crippen LogP) is 4.64. The summed E-state index contributed by atoms with van der Waals surface area (Å²) >= 11 is 1.13. The summed E-state index contributed by atoms with van der Waals surface area (Å²) in [4.78, 5) is 37.3. The van der Waals surface area contributed by atoms with Gasteiger partial charge in [-0.1, -0.05) is 55.5 Å². The highest BCUT2D eigenvalue weighted by molar-refractivity contribution is 8.04. The van der Waals surface area contributed by atoms with Crippen molar-refractivity contribution in [2.24, 2.45) is 0 Å². The number of thioether (sulfide) groups is 1. The summed E-state index contributed by atoms with van der Waals surface area (Å²) in [5.74, 6) is -0.695. The minimum Gasteiger partial charge on any atom is -0.350 e. The molecule has 162 valence electrons. The molecule has 6 nitrogen and oxygen atoms in total. The number of anilines is 1. The van der Waals surface area contributed by atoms with Gasteiger partial charge in [0.2, 0.25) is 0 Å². The molecular weight excluding hydrogens is 420 g/mol. The van der Waals surface area contributed by atoms with Gasteiger partial charge in [0.25, 0.3) is 11.8 Å². The number of hydrogen-bond acceptors (Lipinski definition) is 6. The monoisotopic (exact) mass is 444 g/mol. The number of nitrogens with one attached hydrogen (secondary N) is 1. The Morgan fingerprint density at radius 2 is 1.56 bits per heavy atom. The van der Waals surface area contributed by atoms with Gasteiger partial charge in [-0.3, -0.25) is 14.5 Å². The summed E-state index contributed by atoms with van der Waals surface area (Å²) in [5, 5.41) is 3.69. The Labute approximate surface area is 191 Å². The molecule has 0 atom stereocenters. The van der Waals surface area contributed by atoms with E-state index in [1.54, 1.807) is 0 Å². The number of rotatable bonds is 7. The molecule has 0 saturated carbocycles. The van der Waals surface area contributed by atoms with E-state index in [-0.39, 0.29) is 24.1 Å². The van der Waals surface area contributed by atoms with Gasteiger partial charge in [0.1, 0.15) is 10.6 Å². The molecular formula is C25H24N4O2S. The molecule has 2 amide bonds. The summed E-state index contributed by atoms with van der Waals surface area (Å²) < 4.78 is 0. The first-order chi connectivity index (χ1) is 15.5. The normalized spacial score (nSPS) is 13.8. The average Bonchev–Trinajstić information content (AvgIpc) is 2.98. The van der Waals surface area contributed by atoms with Gasteiger partial charge in [0.15, 0.2) is 5.16 Å². The highest BCUT2D eigenvalue weighted by Crippen LogP contribution is 2.35. The van der Waals surface area contributed by atoms with Crippen molar-refractivity contribution in [3.05, 3.63) is 93.8 Å². The molecule has 1 aromatic heterocycles. The smallest absolute Gasteiger partial charge is 0.278 e. The molecule has 0 fully saturated rings. The van der Waals surface area contributed by atoms with Gasteiger partial charge in [-0.05, 0) is 55.3 Å². The maximum absolute atomic E-state index is 13.4. The topological polar surface area (TPSA) is 75.2 Å². The number of nitrogens with zero attached hydrogens (tertiary/aromatic N) is 3. The molecule has 0 radical (unpaired) electrons. The average molecular weight is 445 g/mol. The van der Waals surface area contributed by atoms with Gasteiger partial charge in [0.05, 0.1) is 6.54 Å². The Balaban J connectivity index is 1.72. The zero-order chi connectivity index (χ0) is 22.7. The minimum absolute atomic E-state index is 0.205. The van der Waals surface area contributed by atoms with Crippen molar-refractivity contribution < 1.29 is 9.59 Å². The van der Waals surface area contributed by atoms with E-state index in [0.29, 0.717) is 10.1 Å². The van der Waals surface area contributed by atoms with Crippen molar-refractivity contribution in [2.75, 3.05) is 5.32 Å². The number of aromatic nitrogens is 2. The number of para-hydroxylation sites is 1. The van der Waals surface area contributed by atoms with Crippen LogP contribution in [0.5, 0.6) is 0 Å². The SMILES string of the molecule is CCc1ccccc1NC1=C(Sc2nc(C)cc(C)n2)C(=O)N(Cc2ccccc2)C1=O. The maximum atomic E-state index is 13.4. The Morgan fingerprint density at radius 3 is 2.25 bits per heavy atom. The zero-order valence-electron chi connectivity index (χ0n) is 18.3. The minimum atomic E-state index is -0.350. The van der Waals surface area contributed by atoms with Crippen molar-refractivity contribution in [3.63, 3.8) is 0 Å². The molecule has 1 N–H and O–H groups in total. The molecule has 32 heavy (non-hydrogen) atoms. The predicted molar refractivity (Wildman–Crippen MR) is 126 cm³/mol.